The Balaban J connectivity index is 1.91. The molecule has 0 atom stereocenters. The first-order valence-corrected chi connectivity index (χ1v) is 8.12. The van der Waals surface area contributed by atoms with Gasteiger partial charge in [-0.2, -0.15) is 5.10 Å². The third-order valence-electron chi connectivity index (χ3n) is 3.83. The minimum atomic E-state index is -0.443. The molecule has 0 saturated heterocycles. The highest BCUT2D eigenvalue weighted by Crippen LogP contribution is 2.20. The van der Waals surface area contributed by atoms with Crippen molar-refractivity contribution in [3.8, 4) is 0 Å². The lowest BCUT2D eigenvalue weighted by atomic mass is 9.99. The van der Waals surface area contributed by atoms with Gasteiger partial charge in [-0.25, -0.2) is 4.98 Å². The second-order valence-corrected chi connectivity index (χ2v) is 5.86. The summed E-state index contributed by atoms with van der Waals surface area (Å²) in [6.45, 7) is 0.416. The van der Waals surface area contributed by atoms with Gasteiger partial charge < -0.3 is 9.84 Å². The van der Waals surface area contributed by atoms with Crippen molar-refractivity contribution in [2.45, 2.75) is 13.0 Å². The van der Waals surface area contributed by atoms with E-state index in [1.165, 1.54) is 6.33 Å². The van der Waals surface area contributed by atoms with Gasteiger partial charge in [0, 0.05) is 18.7 Å². The molecule has 6 heteroatoms. The van der Waals surface area contributed by atoms with Crippen molar-refractivity contribution in [1.82, 2.24) is 15.2 Å². The summed E-state index contributed by atoms with van der Waals surface area (Å²) in [7, 11) is 1.62. The molecule has 0 spiro atoms. The molecule has 2 N–H and O–H groups in total. The lowest BCUT2D eigenvalue weighted by Crippen LogP contribution is -2.01. The molecular formula is C20H19N3O3. The number of nitrogens with zero attached hydrogens (tertiary/aromatic N) is 2. The van der Waals surface area contributed by atoms with E-state index in [-0.39, 0.29) is 11.6 Å². The Kier molecular flexibility index (Phi) is 5.56. The maximum atomic E-state index is 12.1. The number of carbonyl (C=O) groups is 1. The van der Waals surface area contributed by atoms with Gasteiger partial charge in [0.15, 0.2) is 5.82 Å². The molecule has 0 fully saturated rings. The first-order chi connectivity index (χ1) is 12.7. The smallest absolute Gasteiger partial charge is 0.226 e. The van der Waals surface area contributed by atoms with Crippen molar-refractivity contribution in [3.63, 3.8) is 0 Å². The van der Waals surface area contributed by atoms with Gasteiger partial charge in [-0.15, -0.1) is 0 Å². The van der Waals surface area contributed by atoms with Crippen molar-refractivity contribution in [2.75, 3.05) is 7.11 Å². The van der Waals surface area contributed by atoms with E-state index < -0.39 is 5.78 Å². The maximum absolute atomic E-state index is 12.1. The zero-order valence-corrected chi connectivity index (χ0v) is 14.3. The monoisotopic (exact) mass is 349 g/mol. The molecule has 132 valence electrons. The predicted molar refractivity (Wildman–Crippen MR) is 97.7 cm³/mol. The molecule has 26 heavy (non-hydrogen) atoms. The van der Waals surface area contributed by atoms with Crippen molar-refractivity contribution in [1.29, 1.82) is 0 Å². The number of ketones is 1. The number of hydrogen-bond donors (Lipinski definition) is 2. The lowest BCUT2D eigenvalue weighted by molar-refractivity contribution is 0.103. The number of ether oxygens (including phenoxy) is 1. The number of methoxy groups -OCH3 is 1. The Hall–Kier alpha value is -3.25. The average Bonchev–Trinajstić information content (AvgIpc) is 3.17. The van der Waals surface area contributed by atoms with Gasteiger partial charge in [0.05, 0.1) is 6.61 Å². The molecule has 0 unspecified atom stereocenters. The van der Waals surface area contributed by atoms with Gasteiger partial charge in [0.1, 0.15) is 12.1 Å². The topological polar surface area (TPSA) is 88.1 Å². The second kappa shape index (κ2) is 8.22. The fourth-order valence-corrected chi connectivity index (χ4v) is 2.69. The van der Waals surface area contributed by atoms with Gasteiger partial charge in [-0.05, 0) is 35.2 Å². The number of H-pyrrole nitrogens is 1. The number of aromatic nitrogens is 3. The Morgan fingerprint density at radius 2 is 1.92 bits per heavy atom. The minimum absolute atomic E-state index is 0.0779. The van der Waals surface area contributed by atoms with Crippen LogP contribution in [-0.2, 0) is 17.8 Å². The number of carbonyl (C=O) groups excluding carboxylic acids is 1. The normalized spacial score (nSPS) is 11.5. The molecule has 0 amide bonds. The van der Waals surface area contributed by atoms with E-state index in [0.29, 0.717) is 18.6 Å². The van der Waals surface area contributed by atoms with Crippen LogP contribution < -0.4 is 0 Å². The maximum Gasteiger partial charge on any atom is 0.226 e. The Bertz CT molecular complexity index is 903. The van der Waals surface area contributed by atoms with Gasteiger partial charge in [-0.1, -0.05) is 36.4 Å². The van der Waals surface area contributed by atoms with E-state index in [4.69, 9.17) is 4.74 Å². The van der Waals surface area contributed by atoms with Crippen molar-refractivity contribution < 1.29 is 14.6 Å². The van der Waals surface area contributed by atoms with Crippen LogP contribution in [0, 0.1) is 0 Å². The zero-order chi connectivity index (χ0) is 18.4. The highest BCUT2D eigenvalue weighted by molar-refractivity contribution is 6.05. The number of aliphatic hydroxyl groups excluding tert-OH is 1. The molecule has 2 aromatic carbocycles. The molecule has 0 saturated carbocycles. The summed E-state index contributed by atoms with van der Waals surface area (Å²) in [4.78, 5) is 15.9. The number of benzene rings is 2. The second-order valence-electron chi connectivity index (χ2n) is 5.86. The first kappa shape index (κ1) is 17.6. The van der Waals surface area contributed by atoms with E-state index in [2.05, 4.69) is 15.2 Å². The fraction of sp³-hybridized carbons (Fsp3) is 0.150. The van der Waals surface area contributed by atoms with Gasteiger partial charge in [-0.3, -0.25) is 9.89 Å². The van der Waals surface area contributed by atoms with Crippen LogP contribution in [0.2, 0.25) is 0 Å². The molecule has 0 aliphatic rings. The molecule has 3 aromatic rings. The van der Waals surface area contributed by atoms with Crippen molar-refractivity contribution >= 4 is 11.5 Å². The number of allylic oxidation sites excluding steroid dienone is 1. The third kappa shape index (κ3) is 4.43. The largest absolute Gasteiger partial charge is 0.507 e. The summed E-state index contributed by atoms with van der Waals surface area (Å²) in [5.41, 5.74) is 3.66. The van der Waals surface area contributed by atoms with E-state index in [1.54, 1.807) is 13.2 Å². The molecule has 0 aliphatic heterocycles. The molecule has 1 heterocycles. The van der Waals surface area contributed by atoms with Crippen LogP contribution in [0.25, 0.3) is 5.76 Å². The highest BCUT2D eigenvalue weighted by Gasteiger charge is 2.11. The van der Waals surface area contributed by atoms with Crippen molar-refractivity contribution in [3.05, 3.63) is 89.0 Å². The van der Waals surface area contributed by atoms with E-state index >= 15 is 0 Å². The number of aliphatic hydroxyl groups is 1. The van der Waals surface area contributed by atoms with E-state index in [1.807, 2.05) is 42.5 Å². The quantitative estimate of drug-likeness (QED) is 0.388. The van der Waals surface area contributed by atoms with Crippen LogP contribution >= 0.6 is 0 Å². The lowest BCUT2D eigenvalue weighted by Gasteiger charge is -2.10. The number of aromatic amines is 1. The van der Waals surface area contributed by atoms with Gasteiger partial charge in [0.25, 0.3) is 0 Å². The first-order valence-electron chi connectivity index (χ1n) is 8.12. The van der Waals surface area contributed by atoms with Crippen LogP contribution in [0.4, 0.5) is 0 Å². The van der Waals surface area contributed by atoms with E-state index in [9.17, 15) is 9.90 Å². The van der Waals surface area contributed by atoms with Crippen LogP contribution in [-0.4, -0.2) is 33.2 Å². The van der Waals surface area contributed by atoms with Gasteiger partial charge >= 0.3 is 0 Å². The standard InChI is InChI=1S/C20H19N3O3/c1-26-12-16-8-15(7-14-5-3-2-4-6-14)9-17(10-16)18(24)11-19(25)20-21-13-22-23-20/h2-6,8-11,13,24H,7,12H2,1H3,(H,21,22,23). The molecule has 0 radical (unpaired) electrons. The predicted octanol–water partition coefficient (Wildman–Crippen LogP) is 3.32. The fourth-order valence-electron chi connectivity index (χ4n) is 2.69. The highest BCUT2D eigenvalue weighted by atomic mass is 16.5. The number of rotatable bonds is 7. The summed E-state index contributed by atoms with van der Waals surface area (Å²) < 4.78 is 5.22. The Labute approximate surface area is 151 Å². The number of hydrogen-bond acceptors (Lipinski definition) is 5. The van der Waals surface area contributed by atoms with Crippen molar-refractivity contribution in [2.24, 2.45) is 0 Å². The summed E-state index contributed by atoms with van der Waals surface area (Å²) >= 11 is 0. The minimum Gasteiger partial charge on any atom is -0.507 e. The average molecular weight is 349 g/mol. The van der Waals surface area contributed by atoms with Crippen LogP contribution in [0.3, 0.4) is 0 Å². The SMILES string of the molecule is COCc1cc(Cc2ccccc2)cc(C(O)=CC(=O)c2ncn[nH]2)c1. The number of nitrogens with one attached hydrogen (secondary N) is 1. The zero-order valence-electron chi connectivity index (χ0n) is 14.3. The summed E-state index contributed by atoms with van der Waals surface area (Å²) in [6, 6.07) is 15.7. The molecule has 3 rings (SSSR count). The summed E-state index contributed by atoms with van der Waals surface area (Å²) in [6.07, 6.45) is 3.10. The molecule has 0 aliphatic carbocycles. The van der Waals surface area contributed by atoms with Gasteiger partial charge in [0.2, 0.25) is 5.78 Å². The van der Waals surface area contributed by atoms with Crippen LogP contribution in [0.5, 0.6) is 0 Å². The van der Waals surface area contributed by atoms with Crippen LogP contribution in [0.1, 0.15) is 32.9 Å². The van der Waals surface area contributed by atoms with Crippen LogP contribution in [0.15, 0.2) is 60.9 Å². The third-order valence-corrected chi connectivity index (χ3v) is 3.83. The Morgan fingerprint density at radius 1 is 1.15 bits per heavy atom. The van der Waals surface area contributed by atoms with E-state index in [0.717, 1.165) is 22.8 Å². The molecular weight excluding hydrogens is 330 g/mol. The molecule has 6 nitrogen and oxygen atoms in total. The molecule has 1 aromatic heterocycles. The molecule has 0 bridgehead atoms. The summed E-state index contributed by atoms with van der Waals surface area (Å²) in [5, 5.41) is 16.5. The Morgan fingerprint density at radius 3 is 2.62 bits per heavy atom. The summed E-state index contributed by atoms with van der Waals surface area (Å²) in [5.74, 6) is -0.491.